The van der Waals surface area contributed by atoms with Crippen molar-refractivity contribution in [3.63, 3.8) is 0 Å². The van der Waals surface area contributed by atoms with Crippen molar-refractivity contribution in [2.24, 2.45) is 0 Å². The monoisotopic (exact) mass is 807 g/mol. The maximum Gasteiger partial charge on any atom is 0.164 e. The fourth-order valence-corrected chi connectivity index (χ4v) is 10.5. The minimum absolute atomic E-state index is 0.221. The minimum atomic E-state index is -0.659. The number of benzene rings is 9. The number of ether oxygens (including phenoxy) is 1. The van der Waals surface area contributed by atoms with Crippen LogP contribution in [0.15, 0.2) is 212 Å². The number of nitrogens with zero attached hydrogens (tertiary/aromatic N) is 3. The Kier molecular flexibility index (Phi) is 8.38. The van der Waals surface area contributed by atoms with Crippen LogP contribution in [0.25, 0.3) is 67.2 Å². The third-order valence-corrected chi connectivity index (χ3v) is 13.3. The predicted molar refractivity (Wildman–Crippen MR) is 255 cm³/mol. The second-order valence-corrected chi connectivity index (χ2v) is 17.1. The fraction of sp³-hybridized carbons (Fsp3) is 0.0678. The summed E-state index contributed by atoms with van der Waals surface area (Å²) in [4.78, 5) is 15.7. The lowest BCUT2D eigenvalue weighted by molar-refractivity contribution is 0.426. The Hall–Kier alpha value is -7.95. The van der Waals surface area contributed by atoms with Crippen molar-refractivity contribution in [1.82, 2.24) is 15.0 Å². The van der Waals surface area contributed by atoms with Crippen LogP contribution in [-0.4, -0.2) is 15.0 Å². The molecule has 63 heavy (non-hydrogen) atoms. The topological polar surface area (TPSA) is 47.9 Å². The van der Waals surface area contributed by atoms with Crippen molar-refractivity contribution in [3.05, 3.63) is 246 Å². The van der Waals surface area contributed by atoms with Crippen LogP contribution >= 0.6 is 0 Å². The van der Waals surface area contributed by atoms with Crippen LogP contribution in [0.3, 0.4) is 0 Å². The van der Waals surface area contributed by atoms with Gasteiger partial charge < -0.3 is 4.74 Å². The lowest BCUT2D eigenvalue weighted by atomic mass is 9.53. The molecule has 4 heteroatoms. The highest BCUT2D eigenvalue weighted by atomic mass is 16.5. The maximum atomic E-state index is 6.93. The molecule has 1 aliphatic heterocycles. The number of hydrogen-bond acceptors (Lipinski definition) is 4. The van der Waals surface area contributed by atoms with Crippen LogP contribution in [0.1, 0.15) is 47.2 Å². The molecule has 0 saturated heterocycles. The molecule has 0 N–H and O–H groups in total. The average Bonchev–Trinajstić information content (AvgIpc) is 3.35. The molecule has 10 aromatic rings. The molecule has 1 aliphatic carbocycles. The zero-order valence-corrected chi connectivity index (χ0v) is 35.0. The van der Waals surface area contributed by atoms with Gasteiger partial charge in [0.25, 0.3) is 0 Å². The number of fused-ring (bicyclic) bond motifs is 9. The van der Waals surface area contributed by atoms with Gasteiger partial charge in [0.05, 0.1) is 5.41 Å². The molecule has 298 valence electrons. The average molecular weight is 808 g/mol. The third kappa shape index (κ3) is 5.65. The molecule has 0 saturated carbocycles. The number of para-hydroxylation sites is 1. The van der Waals surface area contributed by atoms with Crippen LogP contribution in [0.5, 0.6) is 11.5 Å². The molecule has 0 bridgehead atoms. The lowest BCUT2D eigenvalue weighted by Gasteiger charge is -2.50. The van der Waals surface area contributed by atoms with E-state index in [1.807, 2.05) is 18.2 Å². The lowest BCUT2D eigenvalue weighted by Crippen LogP contribution is -2.43. The Bertz CT molecular complexity index is 3360. The second-order valence-electron chi connectivity index (χ2n) is 17.1. The Labute approximate surface area is 367 Å². The van der Waals surface area contributed by atoms with E-state index in [-0.39, 0.29) is 5.41 Å². The highest BCUT2D eigenvalue weighted by Crippen LogP contribution is 2.63. The summed E-state index contributed by atoms with van der Waals surface area (Å²) >= 11 is 0. The first kappa shape index (κ1) is 36.9. The first-order chi connectivity index (χ1) is 31.0. The summed E-state index contributed by atoms with van der Waals surface area (Å²) in [6.45, 7) is 4.71. The molecule has 4 nitrogen and oxygen atoms in total. The zero-order chi connectivity index (χ0) is 42.1. The van der Waals surface area contributed by atoms with E-state index in [1.54, 1.807) is 0 Å². The molecule has 2 aliphatic rings. The standard InChI is InChI=1S/C59H41N3O/c1-58(2)47-28-11-13-30-49(47)59(50-31-14-12-29-48(50)58)51-32-15-16-33-52(51)63-53-34-18-27-43(54(53)59)40-23-17-24-41(37-40)56-60-55(39-21-7-4-8-22-39)61-57(62-56)46-36-35-42(38-19-5-3-6-20-38)44-25-9-10-26-45(44)46/h3-37H,1-2H3. The summed E-state index contributed by atoms with van der Waals surface area (Å²) in [6.07, 6.45) is 0. The van der Waals surface area contributed by atoms with Crippen LogP contribution in [-0.2, 0) is 10.8 Å². The highest BCUT2D eigenvalue weighted by Gasteiger charge is 2.53. The Balaban J connectivity index is 1.08. The largest absolute Gasteiger partial charge is 0.457 e. The molecule has 0 radical (unpaired) electrons. The molecule has 0 atom stereocenters. The van der Waals surface area contributed by atoms with E-state index in [2.05, 4.69) is 208 Å². The van der Waals surface area contributed by atoms with Gasteiger partial charge in [-0.05, 0) is 79.5 Å². The molecule has 0 fully saturated rings. The van der Waals surface area contributed by atoms with Gasteiger partial charge in [-0.3, -0.25) is 0 Å². The molecule has 1 aromatic heterocycles. The van der Waals surface area contributed by atoms with E-state index in [4.69, 9.17) is 19.7 Å². The summed E-state index contributed by atoms with van der Waals surface area (Å²) in [5, 5.41) is 2.23. The molecule has 1 spiro atoms. The third-order valence-electron chi connectivity index (χ3n) is 13.3. The van der Waals surface area contributed by atoms with Gasteiger partial charge in [0.1, 0.15) is 11.5 Å². The van der Waals surface area contributed by atoms with Gasteiger partial charge >= 0.3 is 0 Å². The number of hydrogen-bond donors (Lipinski definition) is 0. The van der Waals surface area contributed by atoms with Gasteiger partial charge in [0.15, 0.2) is 17.5 Å². The van der Waals surface area contributed by atoms with Crippen LogP contribution in [0.2, 0.25) is 0 Å². The van der Waals surface area contributed by atoms with E-state index in [9.17, 15) is 0 Å². The van der Waals surface area contributed by atoms with Gasteiger partial charge in [0.2, 0.25) is 0 Å². The summed E-state index contributed by atoms with van der Waals surface area (Å²) in [7, 11) is 0. The quantitative estimate of drug-likeness (QED) is 0.174. The van der Waals surface area contributed by atoms with Crippen molar-refractivity contribution >= 4 is 10.8 Å². The minimum Gasteiger partial charge on any atom is -0.457 e. The van der Waals surface area contributed by atoms with Gasteiger partial charge in [0, 0.05) is 33.2 Å². The van der Waals surface area contributed by atoms with E-state index in [1.165, 1.54) is 33.4 Å². The Morgan fingerprint density at radius 3 is 1.51 bits per heavy atom. The van der Waals surface area contributed by atoms with Crippen LogP contribution < -0.4 is 4.74 Å². The van der Waals surface area contributed by atoms with Gasteiger partial charge in [-0.2, -0.15) is 0 Å². The molecular formula is C59H41N3O. The zero-order valence-electron chi connectivity index (χ0n) is 35.0. The van der Waals surface area contributed by atoms with Crippen molar-refractivity contribution in [2.75, 3.05) is 0 Å². The molecule has 2 heterocycles. The van der Waals surface area contributed by atoms with Gasteiger partial charge in [-0.1, -0.05) is 202 Å². The first-order valence-corrected chi connectivity index (χ1v) is 21.6. The molecule has 0 amide bonds. The smallest absolute Gasteiger partial charge is 0.164 e. The van der Waals surface area contributed by atoms with Gasteiger partial charge in [-0.15, -0.1) is 0 Å². The molecule has 12 rings (SSSR count). The summed E-state index contributed by atoms with van der Waals surface area (Å²) in [6, 6.07) is 75.4. The van der Waals surface area contributed by atoms with Gasteiger partial charge in [-0.25, -0.2) is 15.0 Å². The van der Waals surface area contributed by atoms with Crippen molar-refractivity contribution in [3.8, 4) is 67.9 Å². The first-order valence-electron chi connectivity index (χ1n) is 21.6. The normalized spacial score (nSPS) is 13.9. The summed E-state index contributed by atoms with van der Waals surface area (Å²) in [5.74, 6) is 3.57. The number of rotatable bonds is 5. The van der Waals surface area contributed by atoms with E-state index in [0.29, 0.717) is 17.5 Å². The van der Waals surface area contributed by atoms with Crippen molar-refractivity contribution in [1.29, 1.82) is 0 Å². The second kappa shape index (κ2) is 14.3. The maximum absolute atomic E-state index is 6.93. The van der Waals surface area contributed by atoms with E-state index in [0.717, 1.165) is 61.2 Å². The predicted octanol–water partition coefficient (Wildman–Crippen LogP) is 14.5. The number of aromatic nitrogens is 3. The SMILES string of the molecule is CC1(C)c2ccccc2C2(c3ccccc3Oc3cccc(-c4cccc(-c5nc(-c6ccccc6)nc(-c6ccc(-c7ccccc7)c7ccccc67)n5)c4)c32)c2ccccc21. The molecule has 0 unspecified atom stereocenters. The van der Waals surface area contributed by atoms with E-state index >= 15 is 0 Å². The molecular weight excluding hydrogens is 767 g/mol. The molecule has 9 aromatic carbocycles. The highest BCUT2D eigenvalue weighted by molar-refractivity contribution is 6.04. The fourth-order valence-electron chi connectivity index (χ4n) is 10.5. The Morgan fingerprint density at radius 1 is 0.333 bits per heavy atom. The van der Waals surface area contributed by atoms with Crippen LogP contribution in [0, 0.1) is 0 Å². The van der Waals surface area contributed by atoms with Crippen molar-refractivity contribution < 1.29 is 4.74 Å². The van der Waals surface area contributed by atoms with E-state index < -0.39 is 5.41 Å². The van der Waals surface area contributed by atoms with Crippen molar-refractivity contribution in [2.45, 2.75) is 24.7 Å². The summed E-state index contributed by atoms with van der Waals surface area (Å²) in [5.41, 5.74) is 13.8. The van der Waals surface area contributed by atoms with Crippen LogP contribution in [0.4, 0.5) is 0 Å². The summed E-state index contributed by atoms with van der Waals surface area (Å²) < 4.78 is 6.93. The Morgan fingerprint density at radius 2 is 0.810 bits per heavy atom.